The Morgan fingerprint density at radius 1 is 1.71 bits per heavy atom. The molecule has 0 aromatic rings. The van der Waals surface area contributed by atoms with Gasteiger partial charge in [-0.05, 0) is 0 Å². The summed E-state index contributed by atoms with van der Waals surface area (Å²) in [5, 5.41) is 16.5. The van der Waals surface area contributed by atoms with E-state index in [0.717, 1.165) is 0 Å². The molecule has 0 fully saturated rings. The van der Waals surface area contributed by atoms with Crippen molar-refractivity contribution in [3.05, 3.63) is 0 Å². The maximum atomic E-state index is 8.40. The summed E-state index contributed by atoms with van der Waals surface area (Å²) in [4.78, 5) is 3.98. The fraction of sp³-hybridized carbons (Fsp3) is 1.00. The quantitative estimate of drug-likeness (QED) is 0.373. The van der Waals surface area contributed by atoms with Crippen LogP contribution in [-0.2, 0) is 4.84 Å². The molecule has 0 saturated heterocycles. The van der Waals surface area contributed by atoms with Gasteiger partial charge in [0.05, 0.1) is 13.2 Å². The van der Waals surface area contributed by atoms with E-state index >= 15 is 0 Å². The van der Waals surface area contributed by atoms with Crippen LogP contribution in [0.5, 0.6) is 0 Å². The van der Waals surface area contributed by atoms with Gasteiger partial charge in [0.25, 0.3) is 0 Å². The van der Waals surface area contributed by atoms with Crippen molar-refractivity contribution in [2.75, 3.05) is 13.2 Å². The summed E-state index contributed by atoms with van der Waals surface area (Å²) < 4.78 is 0. The van der Waals surface area contributed by atoms with Crippen LogP contribution in [0.2, 0.25) is 0 Å². The molecular formula is C3H9NO3. The van der Waals surface area contributed by atoms with Crippen LogP contribution in [0, 0.1) is 0 Å². The smallest absolute Gasteiger partial charge is 0.102 e. The molecule has 0 amide bonds. The second-order valence-corrected chi connectivity index (χ2v) is 1.17. The SMILES string of the molecule is NOCC(O)CO. The molecule has 0 aromatic heterocycles. The molecule has 4 heteroatoms. The Balaban J connectivity index is 2.83. The predicted octanol–water partition coefficient (Wildman–Crippen LogP) is -1.77. The summed E-state index contributed by atoms with van der Waals surface area (Å²) in [7, 11) is 0. The molecule has 1 atom stereocenters. The Hall–Kier alpha value is -0.160. The molecule has 4 N–H and O–H groups in total. The van der Waals surface area contributed by atoms with Gasteiger partial charge >= 0.3 is 0 Å². The highest BCUT2D eigenvalue weighted by Crippen LogP contribution is 1.76. The molecule has 0 radical (unpaired) electrons. The van der Waals surface area contributed by atoms with Crippen molar-refractivity contribution in [3.8, 4) is 0 Å². The van der Waals surface area contributed by atoms with Crippen LogP contribution in [-0.4, -0.2) is 29.5 Å². The van der Waals surface area contributed by atoms with Gasteiger partial charge in [-0.25, -0.2) is 5.90 Å². The lowest BCUT2D eigenvalue weighted by atomic mass is 10.4. The first-order valence-electron chi connectivity index (χ1n) is 1.92. The monoisotopic (exact) mass is 107 g/mol. The lowest BCUT2D eigenvalue weighted by Crippen LogP contribution is -2.21. The molecule has 0 aliphatic heterocycles. The van der Waals surface area contributed by atoms with E-state index in [2.05, 4.69) is 10.7 Å². The first kappa shape index (κ1) is 6.84. The average Bonchev–Trinajstić information content (AvgIpc) is 1.68. The fourth-order valence-corrected chi connectivity index (χ4v) is 0.164. The van der Waals surface area contributed by atoms with E-state index in [9.17, 15) is 0 Å². The van der Waals surface area contributed by atoms with Gasteiger partial charge in [0, 0.05) is 0 Å². The zero-order valence-electron chi connectivity index (χ0n) is 3.87. The zero-order chi connectivity index (χ0) is 5.70. The van der Waals surface area contributed by atoms with Crippen LogP contribution >= 0.6 is 0 Å². The molecule has 0 rings (SSSR count). The standard InChI is InChI=1S/C3H9NO3/c4-7-2-3(6)1-5/h3,5-6H,1-2,4H2. The summed E-state index contributed by atoms with van der Waals surface area (Å²) in [6, 6.07) is 0. The summed E-state index contributed by atoms with van der Waals surface area (Å²) in [6.45, 7) is -0.326. The Kier molecular flexibility index (Phi) is 3.92. The lowest BCUT2D eigenvalue weighted by Gasteiger charge is -2.01. The van der Waals surface area contributed by atoms with Crippen molar-refractivity contribution in [1.29, 1.82) is 0 Å². The zero-order valence-corrected chi connectivity index (χ0v) is 3.87. The van der Waals surface area contributed by atoms with Gasteiger partial charge < -0.3 is 15.1 Å². The normalized spacial score (nSPS) is 14.1. The molecule has 1 unspecified atom stereocenters. The molecule has 7 heavy (non-hydrogen) atoms. The van der Waals surface area contributed by atoms with E-state index in [-0.39, 0.29) is 13.2 Å². The largest absolute Gasteiger partial charge is 0.394 e. The maximum absolute atomic E-state index is 8.40. The molecule has 0 saturated carbocycles. The van der Waals surface area contributed by atoms with E-state index in [0.29, 0.717) is 0 Å². The van der Waals surface area contributed by atoms with Crippen LogP contribution < -0.4 is 5.90 Å². The van der Waals surface area contributed by atoms with E-state index < -0.39 is 6.10 Å². The summed E-state index contributed by atoms with van der Waals surface area (Å²) in [5.74, 6) is 4.53. The van der Waals surface area contributed by atoms with E-state index in [4.69, 9.17) is 10.2 Å². The molecular weight excluding hydrogens is 98.0 g/mol. The first-order valence-corrected chi connectivity index (χ1v) is 1.92. The minimum Gasteiger partial charge on any atom is -0.394 e. The molecule has 0 aliphatic rings. The minimum atomic E-state index is -0.843. The van der Waals surface area contributed by atoms with Crippen molar-refractivity contribution in [2.24, 2.45) is 5.90 Å². The van der Waals surface area contributed by atoms with E-state index in [1.807, 2.05) is 0 Å². The molecule has 0 aliphatic carbocycles. The van der Waals surface area contributed by atoms with Crippen LogP contribution in [0.1, 0.15) is 0 Å². The third-order valence-electron chi connectivity index (χ3n) is 0.499. The number of hydrogen-bond acceptors (Lipinski definition) is 4. The topological polar surface area (TPSA) is 75.7 Å². The Morgan fingerprint density at radius 3 is 2.43 bits per heavy atom. The van der Waals surface area contributed by atoms with E-state index in [1.54, 1.807) is 0 Å². The first-order chi connectivity index (χ1) is 3.31. The van der Waals surface area contributed by atoms with Crippen molar-refractivity contribution in [2.45, 2.75) is 6.10 Å². The van der Waals surface area contributed by atoms with Gasteiger partial charge in [-0.3, -0.25) is 0 Å². The maximum Gasteiger partial charge on any atom is 0.102 e. The average molecular weight is 107 g/mol. The second kappa shape index (κ2) is 4.01. The Bertz CT molecular complexity index is 41.2. The molecule has 44 valence electrons. The third kappa shape index (κ3) is 3.68. The van der Waals surface area contributed by atoms with Crippen molar-refractivity contribution >= 4 is 0 Å². The lowest BCUT2D eigenvalue weighted by molar-refractivity contribution is 0.00574. The number of aliphatic hydroxyl groups is 2. The highest BCUT2D eigenvalue weighted by Gasteiger charge is 1.97. The molecule has 0 spiro atoms. The van der Waals surface area contributed by atoms with Crippen molar-refractivity contribution in [1.82, 2.24) is 0 Å². The van der Waals surface area contributed by atoms with Gasteiger partial charge in [-0.2, -0.15) is 0 Å². The number of nitrogens with two attached hydrogens (primary N) is 1. The molecule has 4 nitrogen and oxygen atoms in total. The van der Waals surface area contributed by atoms with Gasteiger partial charge in [-0.15, -0.1) is 0 Å². The summed E-state index contributed by atoms with van der Waals surface area (Å²) in [6.07, 6.45) is -0.843. The van der Waals surface area contributed by atoms with Gasteiger partial charge in [0.15, 0.2) is 0 Å². The summed E-state index contributed by atoms with van der Waals surface area (Å²) in [5.41, 5.74) is 0. The summed E-state index contributed by atoms with van der Waals surface area (Å²) >= 11 is 0. The second-order valence-electron chi connectivity index (χ2n) is 1.17. The van der Waals surface area contributed by atoms with Crippen LogP contribution in [0.4, 0.5) is 0 Å². The minimum absolute atomic E-state index is 0.0174. The molecule has 0 heterocycles. The number of aliphatic hydroxyl groups excluding tert-OH is 2. The molecule has 0 aromatic carbocycles. The third-order valence-corrected chi connectivity index (χ3v) is 0.499. The van der Waals surface area contributed by atoms with Crippen LogP contribution in [0.15, 0.2) is 0 Å². The number of rotatable bonds is 3. The predicted molar refractivity (Wildman–Crippen MR) is 23.2 cm³/mol. The Labute approximate surface area is 41.5 Å². The van der Waals surface area contributed by atoms with Gasteiger partial charge in [-0.1, -0.05) is 0 Å². The van der Waals surface area contributed by atoms with Crippen LogP contribution in [0.3, 0.4) is 0 Å². The van der Waals surface area contributed by atoms with Gasteiger partial charge in [0.2, 0.25) is 0 Å². The molecule has 0 bridgehead atoms. The van der Waals surface area contributed by atoms with Crippen LogP contribution in [0.25, 0.3) is 0 Å². The fourth-order valence-electron chi connectivity index (χ4n) is 0.164. The highest BCUT2D eigenvalue weighted by atomic mass is 16.6. The number of hydrogen-bond donors (Lipinski definition) is 3. The van der Waals surface area contributed by atoms with Crippen molar-refractivity contribution < 1.29 is 15.1 Å². The van der Waals surface area contributed by atoms with E-state index in [1.165, 1.54) is 0 Å². The van der Waals surface area contributed by atoms with Gasteiger partial charge in [0.1, 0.15) is 6.10 Å². The highest BCUT2D eigenvalue weighted by molar-refractivity contribution is 4.45. The Morgan fingerprint density at radius 2 is 2.29 bits per heavy atom. The van der Waals surface area contributed by atoms with Crippen molar-refractivity contribution in [3.63, 3.8) is 0 Å².